The average Bonchev–Trinajstić information content (AvgIpc) is 2.33. The molecular weight excluding hydrogens is 284 g/mol. The van der Waals surface area contributed by atoms with Gasteiger partial charge in [0.1, 0.15) is 0 Å². The highest BCUT2D eigenvalue weighted by Crippen LogP contribution is 2.39. The second-order valence-corrected chi connectivity index (χ2v) is 4.55. The quantitative estimate of drug-likeness (QED) is 0.785. The van der Waals surface area contributed by atoms with Crippen molar-refractivity contribution in [1.82, 2.24) is 0 Å². The average molecular weight is 299 g/mol. The van der Waals surface area contributed by atoms with Gasteiger partial charge in [-0.15, -0.1) is 0 Å². The Balaban J connectivity index is 3.24. The maximum Gasteiger partial charge on any atom is 0.416 e. The molecule has 0 saturated heterocycles. The summed E-state index contributed by atoms with van der Waals surface area (Å²) in [6.07, 6.45) is -8.02. The Morgan fingerprint density at radius 1 is 1.05 bits per heavy atom. The van der Waals surface area contributed by atoms with Crippen LogP contribution in [0.15, 0.2) is 18.2 Å². The normalized spacial score (nSPS) is 14.4. The van der Waals surface area contributed by atoms with Crippen LogP contribution in [-0.4, -0.2) is 0 Å². The largest absolute Gasteiger partial charge is 0.416 e. The Kier molecular flexibility index (Phi) is 5.07. The lowest BCUT2D eigenvalue weighted by atomic mass is 9.94. The van der Waals surface area contributed by atoms with Crippen LogP contribution in [0.25, 0.3) is 0 Å². The molecule has 0 unspecified atom stereocenters. The summed E-state index contributed by atoms with van der Waals surface area (Å²) in [6, 6.07) is 0.664. The zero-order valence-electron chi connectivity index (χ0n) is 10.8. The van der Waals surface area contributed by atoms with Crippen molar-refractivity contribution in [2.24, 2.45) is 5.73 Å². The summed E-state index contributed by atoms with van der Waals surface area (Å²) in [6.45, 7) is 1.85. The highest BCUT2D eigenvalue weighted by molar-refractivity contribution is 5.37. The molecule has 1 rings (SSSR count). The fourth-order valence-electron chi connectivity index (χ4n) is 1.88. The summed E-state index contributed by atoms with van der Waals surface area (Å²) in [5, 5.41) is 0. The maximum atomic E-state index is 12.9. The lowest BCUT2D eigenvalue weighted by molar-refractivity contribution is -0.143. The van der Waals surface area contributed by atoms with E-state index in [4.69, 9.17) is 5.73 Å². The predicted octanol–water partition coefficient (Wildman–Crippen LogP) is 4.91. The summed E-state index contributed by atoms with van der Waals surface area (Å²) in [5.41, 5.74) is 2.73. The molecule has 0 radical (unpaired) electrons. The number of benzene rings is 1. The third-order valence-corrected chi connectivity index (χ3v) is 2.95. The molecule has 0 fully saturated rings. The molecule has 0 bridgehead atoms. The molecule has 1 nitrogen and oxygen atoms in total. The van der Waals surface area contributed by atoms with Crippen LogP contribution in [0.5, 0.6) is 0 Å². The summed E-state index contributed by atoms with van der Waals surface area (Å²) < 4.78 is 76.1. The number of hydrogen-bond acceptors (Lipinski definition) is 1. The van der Waals surface area contributed by atoms with Crippen LogP contribution in [0, 0.1) is 0 Å². The highest BCUT2D eigenvalue weighted by Gasteiger charge is 2.38. The van der Waals surface area contributed by atoms with Crippen molar-refractivity contribution in [3.8, 4) is 0 Å². The standard InChI is InChI=1S/C13H15F6N/c1-2-3-4-11(20)9-6-5-8(12(14,15)16)7-10(9)13(17,18)19/h5-7,11H,2-4,20H2,1H3/t11-/m1/s1. The van der Waals surface area contributed by atoms with Gasteiger partial charge in [0.25, 0.3) is 0 Å². The van der Waals surface area contributed by atoms with E-state index in [1.165, 1.54) is 0 Å². The van der Waals surface area contributed by atoms with Crippen molar-refractivity contribution in [2.45, 2.75) is 44.6 Å². The number of nitrogens with two attached hydrogens (primary N) is 1. The Hall–Kier alpha value is -1.24. The molecule has 0 saturated carbocycles. The van der Waals surface area contributed by atoms with E-state index in [1.54, 1.807) is 0 Å². The molecule has 0 aliphatic carbocycles. The molecule has 0 aliphatic heterocycles. The second-order valence-electron chi connectivity index (χ2n) is 4.55. The first-order valence-electron chi connectivity index (χ1n) is 6.11. The third kappa shape index (κ3) is 4.13. The Bertz CT molecular complexity index is 449. The van der Waals surface area contributed by atoms with Crippen LogP contribution >= 0.6 is 0 Å². The molecule has 0 aromatic heterocycles. The van der Waals surface area contributed by atoms with Crippen molar-refractivity contribution in [1.29, 1.82) is 0 Å². The number of hydrogen-bond donors (Lipinski definition) is 1. The van der Waals surface area contributed by atoms with Crippen LogP contribution < -0.4 is 5.73 Å². The van der Waals surface area contributed by atoms with E-state index in [0.717, 1.165) is 12.5 Å². The third-order valence-electron chi connectivity index (χ3n) is 2.95. The van der Waals surface area contributed by atoms with Crippen molar-refractivity contribution >= 4 is 0 Å². The van der Waals surface area contributed by atoms with Gasteiger partial charge in [0.15, 0.2) is 0 Å². The fraction of sp³-hybridized carbons (Fsp3) is 0.538. The number of rotatable bonds is 4. The van der Waals surface area contributed by atoms with E-state index in [9.17, 15) is 26.3 Å². The predicted molar refractivity (Wildman–Crippen MR) is 62.9 cm³/mol. The molecule has 1 aromatic carbocycles. The lowest BCUT2D eigenvalue weighted by Gasteiger charge is -2.20. The van der Waals surface area contributed by atoms with Crippen molar-refractivity contribution in [2.75, 3.05) is 0 Å². The van der Waals surface area contributed by atoms with E-state index < -0.39 is 29.5 Å². The minimum absolute atomic E-state index is 0.126. The highest BCUT2D eigenvalue weighted by atomic mass is 19.4. The SMILES string of the molecule is CCCC[C@@H](N)c1ccc(C(F)(F)F)cc1C(F)(F)F. The molecule has 20 heavy (non-hydrogen) atoms. The number of halogens is 6. The van der Waals surface area contributed by atoms with Crippen LogP contribution in [0.1, 0.15) is 48.9 Å². The number of unbranched alkanes of at least 4 members (excludes halogenated alkanes) is 1. The Morgan fingerprint density at radius 3 is 2.10 bits per heavy atom. The molecule has 114 valence electrons. The fourth-order valence-corrected chi connectivity index (χ4v) is 1.88. The smallest absolute Gasteiger partial charge is 0.324 e. The summed E-state index contributed by atoms with van der Waals surface area (Å²) in [5.74, 6) is 0. The summed E-state index contributed by atoms with van der Waals surface area (Å²) >= 11 is 0. The van der Waals surface area contributed by atoms with Gasteiger partial charge in [-0.25, -0.2) is 0 Å². The molecule has 1 atom stereocenters. The first kappa shape index (κ1) is 16.8. The van der Waals surface area contributed by atoms with Gasteiger partial charge in [-0.1, -0.05) is 25.8 Å². The number of alkyl halides is 6. The monoisotopic (exact) mass is 299 g/mol. The van der Waals surface area contributed by atoms with Crippen LogP contribution in [-0.2, 0) is 12.4 Å². The molecule has 7 heteroatoms. The van der Waals surface area contributed by atoms with E-state index in [1.807, 2.05) is 6.92 Å². The molecule has 0 heterocycles. The Labute approximate surface area is 112 Å². The van der Waals surface area contributed by atoms with Crippen LogP contribution in [0.4, 0.5) is 26.3 Å². The summed E-state index contributed by atoms with van der Waals surface area (Å²) in [4.78, 5) is 0. The Morgan fingerprint density at radius 2 is 1.65 bits per heavy atom. The van der Waals surface area contributed by atoms with Crippen LogP contribution in [0.3, 0.4) is 0 Å². The van der Waals surface area contributed by atoms with Crippen molar-refractivity contribution in [3.63, 3.8) is 0 Å². The van der Waals surface area contributed by atoms with Gasteiger partial charge in [-0.05, 0) is 24.1 Å². The van der Waals surface area contributed by atoms with E-state index in [2.05, 4.69) is 0 Å². The minimum Gasteiger partial charge on any atom is -0.324 e. The van der Waals surface area contributed by atoms with Crippen molar-refractivity contribution in [3.05, 3.63) is 34.9 Å². The van der Waals surface area contributed by atoms with E-state index in [-0.39, 0.29) is 11.6 Å². The zero-order valence-corrected chi connectivity index (χ0v) is 10.8. The molecule has 0 aliphatic rings. The molecule has 1 aromatic rings. The van der Waals surface area contributed by atoms with Gasteiger partial charge < -0.3 is 5.73 Å². The van der Waals surface area contributed by atoms with Crippen molar-refractivity contribution < 1.29 is 26.3 Å². The molecule has 2 N–H and O–H groups in total. The lowest BCUT2D eigenvalue weighted by Crippen LogP contribution is -2.19. The first-order valence-corrected chi connectivity index (χ1v) is 6.11. The van der Waals surface area contributed by atoms with Gasteiger partial charge in [-0.2, -0.15) is 26.3 Å². The van der Waals surface area contributed by atoms with Gasteiger partial charge in [-0.3, -0.25) is 0 Å². The molecule has 0 spiro atoms. The zero-order chi connectivity index (χ0) is 15.6. The topological polar surface area (TPSA) is 26.0 Å². The van der Waals surface area contributed by atoms with Gasteiger partial charge in [0.05, 0.1) is 11.1 Å². The van der Waals surface area contributed by atoms with Gasteiger partial charge >= 0.3 is 12.4 Å². The first-order chi connectivity index (χ1) is 9.07. The molecule has 0 amide bonds. The van der Waals surface area contributed by atoms with Gasteiger partial charge in [0, 0.05) is 6.04 Å². The second kappa shape index (κ2) is 6.03. The minimum atomic E-state index is -4.86. The molecular formula is C13H15F6N. The van der Waals surface area contributed by atoms with Crippen LogP contribution in [0.2, 0.25) is 0 Å². The summed E-state index contributed by atoms with van der Waals surface area (Å²) in [7, 11) is 0. The van der Waals surface area contributed by atoms with Gasteiger partial charge in [0.2, 0.25) is 0 Å². The maximum absolute atomic E-state index is 12.9. The van der Waals surface area contributed by atoms with E-state index >= 15 is 0 Å². The van der Waals surface area contributed by atoms with E-state index in [0.29, 0.717) is 18.9 Å².